The van der Waals surface area contributed by atoms with Gasteiger partial charge in [0.15, 0.2) is 0 Å². The van der Waals surface area contributed by atoms with E-state index in [1.807, 2.05) is 0 Å². The molecule has 0 aromatic heterocycles. The lowest BCUT2D eigenvalue weighted by atomic mass is 9.98. The lowest BCUT2D eigenvalue weighted by molar-refractivity contribution is 0.0962. The van der Waals surface area contributed by atoms with Crippen molar-refractivity contribution in [1.29, 1.82) is 0 Å². The van der Waals surface area contributed by atoms with Crippen LogP contribution in [0.2, 0.25) is 0 Å². The molecule has 0 radical (unpaired) electrons. The van der Waals surface area contributed by atoms with Crippen molar-refractivity contribution in [2.45, 2.75) is 76.4 Å². The Morgan fingerprint density at radius 2 is 0.947 bits per heavy atom. The molecule has 0 spiro atoms. The van der Waals surface area contributed by atoms with Gasteiger partial charge in [-0.15, -0.1) is 0 Å². The quantitative estimate of drug-likeness (QED) is 0.655. The molecule has 2 saturated carbocycles. The zero-order valence-electron chi connectivity index (χ0n) is 11.8. The van der Waals surface area contributed by atoms with Crippen molar-refractivity contribution >= 4 is 0 Å². The average Bonchev–Trinajstić information content (AvgIpc) is 2.48. The van der Waals surface area contributed by atoms with E-state index >= 15 is 0 Å². The summed E-state index contributed by atoms with van der Waals surface area (Å²) in [6, 6.07) is 0. The molecule has 2 fully saturated rings. The third kappa shape index (κ3) is 6.04. The minimum absolute atomic E-state index is 0.385. The molecular formula is C16H26O3. The zero-order chi connectivity index (χ0) is 13.2. The molecule has 2 rings (SSSR count). The van der Waals surface area contributed by atoms with E-state index in [4.69, 9.17) is 14.2 Å². The fraction of sp³-hybridized carbons (Fsp3) is 0.750. The lowest BCUT2D eigenvalue weighted by Gasteiger charge is -2.20. The van der Waals surface area contributed by atoms with Gasteiger partial charge in [-0.25, -0.2) is 0 Å². The minimum atomic E-state index is 0.385. The Bertz CT molecular complexity index is 246. The predicted octanol–water partition coefficient (Wildman–Crippen LogP) is 4.64. The van der Waals surface area contributed by atoms with Crippen LogP contribution in [-0.2, 0) is 14.2 Å². The Morgan fingerprint density at radius 1 is 0.526 bits per heavy atom. The van der Waals surface area contributed by atoms with Crippen molar-refractivity contribution in [3.8, 4) is 0 Å². The first kappa shape index (κ1) is 14.3. The second-order valence-electron chi connectivity index (χ2n) is 5.47. The third-order valence-corrected chi connectivity index (χ3v) is 3.91. The first-order chi connectivity index (χ1) is 9.45. The molecule has 0 atom stereocenters. The summed E-state index contributed by atoms with van der Waals surface area (Å²) in [7, 11) is 0. The van der Waals surface area contributed by atoms with E-state index in [1.165, 1.54) is 64.2 Å². The second kappa shape index (κ2) is 8.89. The van der Waals surface area contributed by atoms with Crippen LogP contribution in [0.3, 0.4) is 0 Å². The number of ether oxygens (including phenoxy) is 3. The van der Waals surface area contributed by atoms with E-state index in [1.54, 1.807) is 25.0 Å². The van der Waals surface area contributed by atoms with Gasteiger partial charge < -0.3 is 14.2 Å². The van der Waals surface area contributed by atoms with E-state index in [0.29, 0.717) is 12.2 Å². The van der Waals surface area contributed by atoms with Gasteiger partial charge >= 0.3 is 0 Å². The average molecular weight is 266 g/mol. The number of rotatable bonds is 6. The molecule has 0 amide bonds. The molecule has 2 aliphatic carbocycles. The summed E-state index contributed by atoms with van der Waals surface area (Å²) in [6.07, 6.45) is 19.8. The van der Waals surface area contributed by atoms with Crippen LogP contribution in [0.15, 0.2) is 25.0 Å². The summed E-state index contributed by atoms with van der Waals surface area (Å²) in [5, 5.41) is 0. The van der Waals surface area contributed by atoms with Crippen LogP contribution in [-0.4, -0.2) is 12.2 Å². The largest absolute Gasteiger partial charge is 0.495 e. The zero-order valence-corrected chi connectivity index (χ0v) is 11.8. The van der Waals surface area contributed by atoms with Crippen LogP contribution in [0.25, 0.3) is 0 Å². The van der Waals surface area contributed by atoms with E-state index in [9.17, 15) is 0 Å². The standard InChI is InChI=1S/C16H26O3/c1-3-7-15(8-4-1)18-13-11-17-12-14-19-16-9-5-2-6-10-16/h11-16H,1-10H2. The van der Waals surface area contributed by atoms with E-state index in [2.05, 4.69) is 0 Å². The van der Waals surface area contributed by atoms with Gasteiger partial charge in [0.25, 0.3) is 0 Å². The van der Waals surface area contributed by atoms with Crippen molar-refractivity contribution in [2.75, 3.05) is 0 Å². The highest BCUT2D eigenvalue weighted by atomic mass is 16.5. The fourth-order valence-electron chi connectivity index (χ4n) is 2.80. The van der Waals surface area contributed by atoms with Gasteiger partial charge in [-0.05, 0) is 51.4 Å². The molecule has 3 nitrogen and oxygen atoms in total. The first-order valence-electron chi connectivity index (χ1n) is 7.71. The number of hydrogen-bond acceptors (Lipinski definition) is 3. The Labute approximate surface area is 116 Å². The molecule has 0 aromatic carbocycles. The summed E-state index contributed by atoms with van der Waals surface area (Å²) in [4.78, 5) is 0. The van der Waals surface area contributed by atoms with Gasteiger partial charge in [0.2, 0.25) is 0 Å². The summed E-state index contributed by atoms with van der Waals surface area (Å²) in [6.45, 7) is 0. The third-order valence-electron chi connectivity index (χ3n) is 3.91. The molecular weight excluding hydrogens is 240 g/mol. The van der Waals surface area contributed by atoms with Crippen molar-refractivity contribution in [2.24, 2.45) is 0 Å². The molecule has 19 heavy (non-hydrogen) atoms. The Kier molecular flexibility index (Phi) is 6.69. The van der Waals surface area contributed by atoms with Crippen LogP contribution < -0.4 is 0 Å². The van der Waals surface area contributed by atoms with Gasteiger partial charge in [-0.2, -0.15) is 0 Å². The monoisotopic (exact) mass is 266 g/mol. The molecule has 0 saturated heterocycles. The van der Waals surface area contributed by atoms with Crippen LogP contribution >= 0.6 is 0 Å². The predicted molar refractivity (Wildman–Crippen MR) is 75.3 cm³/mol. The highest BCUT2D eigenvalue weighted by molar-refractivity contribution is 4.75. The maximum Gasteiger partial charge on any atom is 0.125 e. The number of hydrogen-bond donors (Lipinski definition) is 0. The molecule has 0 N–H and O–H groups in total. The SMILES string of the molecule is C(=COC1CCCCC1)OC=COC1CCCCC1. The highest BCUT2D eigenvalue weighted by Gasteiger charge is 2.13. The molecule has 3 heteroatoms. The maximum atomic E-state index is 5.60. The Balaban J connectivity index is 1.50. The highest BCUT2D eigenvalue weighted by Crippen LogP contribution is 2.21. The van der Waals surface area contributed by atoms with Gasteiger partial charge in [-0.1, -0.05) is 12.8 Å². The molecule has 0 unspecified atom stereocenters. The van der Waals surface area contributed by atoms with Crippen LogP contribution in [0.1, 0.15) is 64.2 Å². The Morgan fingerprint density at radius 3 is 1.37 bits per heavy atom. The summed E-state index contributed by atoms with van der Waals surface area (Å²) < 4.78 is 16.4. The minimum Gasteiger partial charge on any atom is -0.495 e. The van der Waals surface area contributed by atoms with Crippen molar-refractivity contribution in [3.63, 3.8) is 0 Å². The van der Waals surface area contributed by atoms with Gasteiger partial charge in [-0.3, -0.25) is 0 Å². The molecule has 0 aromatic rings. The molecule has 0 aliphatic heterocycles. The van der Waals surface area contributed by atoms with Gasteiger partial charge in [0, 0.05) is 0 Å². The maximum absolute atomic E-state index is 5.60. The summed E-state index contributed by atoms with van der Waals surface area (Å²) in [5.74, 6) is 0. The van der Waals surface area contributed by atoms with Gasteiger partial charge in [0.1, 0.15) is 25.0 Å². The van der Waals surface area contributed by atoms with E-state index < -0.39 is 0 Å². The summed E-state index contributed by atoms with van der Waals surface area (Å²) >= 11 is 0. The van der Waals surface area contributed by atoms with Crippen LogP contribution in [0.4, 0.5) is 0 Å². The lowest BCUT2D eigenvalue weighted by Crippen LogP contribution is -2.13. The van der Waals surface area contributed by atoms with Gasteiger partial charge in [0.05, 0.1) is 12.2 Å². The normalized spacial score (nSPS) is 22.9. The second-order valence-corrected chi connectivity index (χ2v) is 5.47. The smallest absolute Gasteiger partial charge is 0.125 e. The first-order valence-corrected chi connectivity index (χ1v) is 7.71. The van der Waals surface area contributed by atoms with Crippen molar-refractivity contribution in [1.82, 2.24) is 0 Å². The van der Waals surface area contributed by atoms with E-state index in [-0.39, 0.29) is 0 Å². The fourth-order valence-corrected chi connectivity index (χ4v) is 2.80. The summed E-state index contributed by atoms with van der Waals surface area (Å²) in [5.41, 5.74) is 0. The molecule has 2 aliphatic rings. The van der Waals surface area contributed by atoms with Crippen LogP contribution in [0.5, 0.6) is 0 Å². The molecule has 0 heterocycles. The van der Waals surface area contributed by atoms with Crippen molar-refractivity contribution in [3.05, 3.63) is 25.0 Å². The Hall–Kier alpha value is -1.12. The van der Waals surface area contributed by atoms with E-state index in [0.717, 1.165) is 0 Å². The van der Waals surface area contributed by atoms with Crippen LogP contribution in [0, 0.1) is 0 Å². The molecule has 108 valence electrons. The van der Waals surface area contributed by atoms with Crippen molar-refractivity contribution < 1.29 is 14.2 Å². The molecule has 0 bridgehead atoms. The topological polar surface area (TPSA) is 27.7 Å².